The highest BCUT2D eigenvalue weighted by molar-refractivity contribution is 5.96. The van der Waals surface area contributed by atoms with Gasteiger partial charge in [-0.2, -0.15) is 4.98 Å². The third kappa shape index (κ3) is 7.31. The molecule has 274 valence electrons. The van der Waals surface area contributed by atoms with Crippen molar-refractivity contribution in [3.8, 4) is 17.3 Å². The van der Waals surface area contributed by atoms with E-state index in [9.17, 15) is 24.3 Å². The SMILES string of the molecule is C=CC1CC1(NC(=O)C1CC(Oc2nc(-c3ccccc3)nc3ccccc23)CN1C(=O)C(Nc1ccc(C(=O)OC)cc1)C1CCCCC1)C(=O)O. The molecule has 3 aromatic carbocycles. The molecule has 3 fully saturated rings. The summed E-state index contributed by atoms with van der Waals surface area (Å²) < 4.78 is 11.5. The number of ether oxygens (including phenoxy) is 2. The molecule has 0 radical (unpaired) electrons. The number of carbonyl (C=O) groups excluding carboxylic acids is 3. The second kappa shape index (κ2) is 15.1. The molecule has 12 nitrogen and oxygen atoms in total. The van der Waals surface area contributed by atoms with Crippen LogP contribution in [0.25, 0.3) is 22.3 Å². The zero-order chi connectivity index (χ0) is 37.1. The van der Waals surface area contributed by atoms with Crippen molar-refractivity contribution in [2.75, 3.05) is 19.0 Å². The quantitative estimate of drug-likeness (QED) is 0.124. The molecular formula is C41H43N5O7. The molecule has 4 aromatic rings. The van der Waals surface area contributed by atoms with Gasteiger partial charge in [-0.15, -0.1) is 6.58 Å². The smallest absolute Gasteiger partial charge is 0.337 e. The molecule has 1 saturated heterocycles. The van der Waals surface area contributed by atoms with Crippen LogP contribution in [0.3, 0.4) is 0 Å². The third-order valence-corrected chi connectivity index (χ3v) is 10.8. The monoisotopic (exact) mass is 717 g/mol. The van der Waals surface area contributed by atoms with Crippen LogP contribution in [0, 0.1) is 11.8 Å². The molecule has 5 unspecified atom stereocenters. The van der Waals surface area contributed by atoms with E-state index in [1.54, 1.807) is 24.3 Å². The maximum absolute atomic E-state index is 14.9. The van der Waals surface area contributed by atoms with Gasteiger partial charge in [0.25, 0.3) is 0 Å². The van der Waals surface area contributed by atoms with Crippen LogP contribution in [-0.2, 0) is 19.1 Å². The summed E-state index contributed by atoms with van der Waals surface area (Å²) in [5.74, 6) is -2.07. The van der Waals surface area contributed by atoms with E-state index >= 15 is 0 Å². The number of esters is 1. The zero-order valence-electron chi connectivity index (χ0n) is 29.6. The van der Waals surface area contributed by atoms with Crippen molar-refractivity contribution in [3.63, 3.8) is 0 Å². The molecule has 1 aromatic heterocycles. The van der Waals surface area contributed by atoms with Crippen molar-refractivity contribution in [3.05, 3.63) is 97.1 Å². The minimum Gasteiger partial charge on any atom is -0.479 e. The number of carboxylic acids is 1. The first-order valence-corrected chi connectivity index (χ1v) is 18.1. The first-order chi connectivity index (χ1) is 25.7. The molecule has 12 heteroatoms. The van der Waals surface area contributed by atoms with E-state index in [-0.39, 0.29) is 31.2 Å². The molecule has 2 aliphatic carbocycles. The Kier molecular flexibility index (Phi) is 10.1. The lowest BCUT2D eigenvalue weighted by atomic mass is 9.83. The van der Waals surface area contributed by atoms with Crippen molar-refractivity contribution in [2.24, 2.45) is 11.8 Å². The van der Waals surface area contributed by atoms with Crippen molar-refractivity contribution in [1.82, 2.24) is 20.2 Å². The van der Waals surface area contributed by atoms with Crippen LogP contribution in [-0.4, -0.2) is 81.1 Å². The Bertz CT molecular complexity index is 2020. The number of hydrogen-bond acceptors (Lipinski definition) is 9. The number of methoxy groups -OCH3 is 1. The molecule has 2 amide bonds. The summed E-state index contributed by atoms with van der Waals surface area (Å²) in [6.45, 7) is 3.83. The number of nitrogens with zero attached hydrogens (tertiary/aromatic N) is 3. The number of para-hydroxylation sites is 1. The second-order valence-corrected chi connectivity index (χ2v) is 14.1. The van der Waals surface area contributed by atoms with E-state index in [4.69, 9.17) is 19.4 Å². The summed E-state index contributed by atoms with van der Waals surface area (Å²) in [5, 5.41) is 17.0. The molecule has 53 heavy (non-hydrogen) atoms. The van der Waals surface area contributed by atoms with E-state index in [2.05, 4.69) is 17.2 Å². The van der Waals surface area contributed by atoms with Crippen LogP contribution in [0.1, 0.15) is 55.3 Å². The summed E-state index contributed by atoms with van der Waals surface area (Å²) >= 11 is 0. The number of carboxylic acid groups (broad SMARTS) is 1. The molecule has 0 spiro atoms. The molecule has 0 bridgehead atoms. The highest BCUT2D eigenvalue weighted by Gasteiger charge is 2.61. The van der Waals surface area contributed by atoms with Gasteiger partial charge in [0.15, 0.2) is 5.82 Å². The van der Waals surface area contributed by atoms with Crippen molar-refractivity contribution >= 4 is 40.3 Å². The van der Waals surface area contributed by atoms with Crippen molar-refractivity contribution < 1.29 is 33.8 Å². The summed E-state index contributed by atoms with van der Waals surface area (Å²) in [7, 11) is 1.32. The van der Waals surface area contributed by atoms with Gasteiger partial charge in [-0.05, 0) is 61.6 Å². The standard InChI is InChI=1S/C41H43N5O7/c1-3-28-23-41(28,40(50)51)45-36(47)33-22-30(53-37-31-16-10-11-17-32(31)43-35(44-37)26-14-8-5-9-15-26)24-46(33)38(48)34(25-12-6-4-7-13-25)42-29-20-18-27(19-21-29)39(49)52-2/h3,5,8-11,14-21,25,28,30,33-34,42H,1,4,6-7,12-13,22-24H2,2H3,(H,45,47)(H,50,51). The van der Waals surface area contributed by atoms with Crippen LogP contribution in [0.5, 0.6) is 5.88 Å². The van der Waals surface area contributed by atoms with Gasteiger partial charge in [-0.1, -0.05) is 67.8 Å². The average Bonchev–Trinajstić information content (AvgIpc) is 3.76. The van der Waals surface area contributed by atoms with Gasteiger partial charge in [0, 0.05) is 23.6 Å². The Morgan fingerprint density at radius 1 is 0.962 bits per heavy atom. The maximum atomic E-state index is 14.9. The Labute approximate surface area is 307 Å². The predicted octanol–water partition coefficient (Wildman–Crippen LogP) is 5.64. The summed E-state index contributed by atoms with van der Waals surface area (Å²) in [4.78, 5) is 64.6. The van der Waals surface area contributed by atoms with Crippen LogP contribution in [0.4, 0.5) is 5.69 Å². The number of hydrogen-bond donors (Lipinski definition) is 3. The fraction of sp³-hybridized carbons (Fsp3) is 0.366. The van der Waals surface area contributed by atoms with E-state index in [1.165, 1.54) is 18.1 Å². The van der Waals surface area contributed by atoms with Gasteiger partial charge in [-0.25, -0.2) is 14.6 Å². The van der Waals surface area contributed by atoms with Gasteiger partial charge in [0.2, 0.25) is 17.7 Å². The number of likely N-dealkylation sites (tertiary alicyclic amines) is 1. The van der Waals surface area contributed by atoms with Crippen molar-refractivity contribution in [2.45, 2.75) is 68.7 Å². The fourth-order valence-electron chi connectivity index (χ4n) is 7.73. The van der Waals surface area contributed by atoms with E-state index in [0.29, 0.717) is 33.9 Å². The van der Waals surface area contributed by atoms with Gasteiger partial charge in [0.1, 0.15) is 23.7 Å². The van der Waals surface area contributed by atoms with Crippen LogP contribution < -0.4 is 15.4 Å². The predicted molar refractivity (Wildman–Crippen MR) is 198 cm³/mol. The van der Waals surface area contributed by atoms with E-state index < -0.39 is 47.5 Å². The third-order valence-electron chi connectivity index (χ3n) is 10.8. The van der Waals surface area contributed by atoms with E-state index in [1.807, 2.05) is 54.6 Å². The molecule has 1 aliphatic heterocycles. The van der Waals surface area contributed by atoms with Gasteiger partial charge in [0.05, 0.1) is 30.1 Å². The Balaban J connectivity index is 1.21. The largest absolute Gasteiger partial charge is 0.479 e. The number of fused-ring (bicyclic) bond motifs is 1. The van der Waals surface area contributed by atoms with Crippen LogP contribution in [0.2, 0.25) is 0 Å². The minimum atomic E-state index is -1.47. The molecular weight excluding hydrogens is 674 g/mol. The van der Waals surface area contributed by atoms with Gasteiger partial charge in [-0.3, -0.25) is 9.59 Å². The number of benzene rings is 3. The zero-order valence-corrected chi connectivity index (χ0v) is 29.6. The molecule has 5 atom stereocenters. The summed E-state index contributed by atoms with van der Waals surface area (Å²) in [6, 6.07) is 22.1. The highest BCUT2D eigenvalue weighted by atomic mass is 16.5. The molecule has 2 saturated carbocycles. The number of rotatable bonds is 12. The van der Waals surface area contributed by atoms with Gasteiger partial charge < -0.3 is 30.1 Å². The number of carbonyl (C=O) groups is 4. The fourth-order valence-corrected chi connectivity index (χ4v) is 7.73. The first-order valence-electron chi connectivity index (χ1n) is 18.1. The van der Waals surface area contributed by atoms with Gasteiger partial charge >= 0.3 is 11.9 Å². The highest BCUT2D eigenvalue weighted by Crippen LogP contribution is 2.45. The van der Waals surface area contributed by atoms with Crippen LogP contribution in [0.15, 0.2) is 91.5 Å². The summed E-state index contributed by atoms with van der Waals surface area (Å²) in [6.07, 6.45) is 5.92. The number of aromatic nitrogens is 2. The van der Waals surface area contributed by atoms with E-state index in [0.717, 1.165) is 37.7 Å². The average molecular weight is 718 g/mol. The maximum Gasteiger partial charge on any atom is 0.337 e. The number of amides is 2. The molecule has 2 heterocycles. The number of anilines is 1. The topological polar surface area (TPSA) is 160 Å². The molecule has 7 rings (SSSR count). The number of nitrogens with one attached hydrogen (secondary N) is 2. The lowest BCUT2D eigenvalue weighted by Gasteiger charge is -2.35. The Morgan fingerprint density at radius 3 is 2.36 bits per heavy atom. The molecule has 3 aliphatic rings. The summed E-state index contributed by atoms with van der Waals surface area (Å²) in [5.41, 5.74) is 1.05. The second-order valence-electron chi connectivity index (χ2n) is 14.1. The Hall–Kier alpha value is -5.78. The lowest BCUT2D eigenvalue weighted by Crippen LogP contribution is -2.56. The molecule has 3 N–H and O–H groups in total. The first kappa shape index (κ1) is 35.6. The van der Waals surface area contributed by atoms with Crippen LogP contribution >= 0.6 is 0 Å². The minimum absolute atomic E-state index is 0.0154. The number of aliphatic carboxylic acids is 1. The lowest BCUT2D eigenvalue weighted by molar-refractivity contribution is -0.145. The normalized spacial score (nSPS) is 23.1. The van der Waals surface area contributed by atoms with Crippen molar-refractivity contribution in [1.29, 1.82) is 0 Å². The Morgan fingerprint density at radius 2 is 1.68 bits per heavy atom.